The topological polar surface area (TPSA) is 87.2 Å². The normalized spacial score (nSPS) is 23.5. The van der Waals surface area contributed by atoms with Gasteiger partial charge in [-0.05, 0) is 49.0 Å². The summed E-state index contributed by atoms with van der Waals surface area (Å²) in [4.78, 5) is 42.4. The smallest absolute Gasteiger partial charge is 0.250 e. The Morgan fingerprint density at radius 1 is 1.39 bits per heavy atom. The molecule has 0 aromatic carbocycles. The molecule has 160 valence electrons. The summed E-state index contributed by atoms with van der Waals surface area (Å²) in [6.07, 6.45) is 10.9. The zero-order chi connectivity index (χ0) is 21.9. The number of amides is 2. The molecule has 7 heteroatoms. The number of piperidine rings is 1. The van der Waals surface area contributed by atoms with Crippen molar-refractivity contribution in [2.75, 3.05) is 11.9 Å². The number of aromatic amines is 1. The van der Waals surface area contributed by atoms with Crippen LogP contribution in [0.5, 0.6) is 0 Å². The fourth-order valence-corrected chi connectivity index (χ4v) is 5.27. The maximum absolute atomic E-state index is 13.1. The number of carbonyl (C=O) groups excluding carboxylic acids is 3. The minimum absolute atomic E-state index is 0.0189. The molecule has 0 bridgehead atoms. The highest BCUT2D eigenvalue weighted by Gasteiger charge is 2.67. The van der Waals surface area contributed by atoms with Crippen LogP contribution in [0.25, 0.3) is 6.08 Å². The van der Waals surface area contributed by atoms with Gasteiger partial charge in [-0.1, -0.05) is 6.92 Å². The highest BCUT2D eigenvalue weighted by atomic mass is 16.2. The molecule has 0 radical (unpaired) electrons. The molecule has 1 spiro atoms. The molecule has 2 N–H and O–H groups in total. The van der Waals surface area contributed by atoms with Gasteiger partial charge in [0.15, 0.2) is 0 Å². The Kier molecular flexibility index (Phi) is 4.32. The number of fused-ring (bicyclic) bond motifs is 1. The van der Waals surface area contributed by atoms with Crippen molar-refractivity contribution < 1.29 is 14.4 Å². The molecule has 1 saturated heterocycles. The number of aromatic nitrogens is 2. The summed E-state index contributed by atoms with van der Waals surface area (Å²) in [7, 11) is 1.87. The van der Waals surface area contributed by atoms with Crippen LogP contribution in [0, 0.1) is 12.8 Å². The molecule has 0 unspecified atom stereocenters. The van der Waals surface area contributed by atoms with Gasteiger partial charge in [-0.25, -0.2) is 0 Å². The van der Waals surface area contributed by atoms with Crippen LogP contribution in [0.15, 0.2) is 36.3 Å². The van der Waals surface area contributed by atoms with E-state index in [0.29, 0.717) is 30.3 Å². The van der Waals surface area contributed by atoms with E-state index in [2.05, 4.69) is 10.3 Å². The molecule has 2 amide bonds. The number of likely N-dealkylation sites (tertiary alicyclic amines) is 1. The van der Waals surface area contributed by atoms with E-state index in [1.165, 1.54) is 0 Å². The first-order chi connectivity index (χ1) is 14.8. The molecule has 1 saturated carbocycles. The van der Waals surface area contributed by atoms with E-state index >= 15 is 0 Å². The Morgan fingerprint density at radius 3 is 2.97 bits per heavy atom. The first-order valence-corrected chi connectivity index (χ1v) is 10.8. The standard InChI is InChI=1S/C24H26N4O3/c1-4-5-20(30)26-16-8-17(27(3)13-16)6-7-21(31)28-12-15-10-24(15)19(28)9-18(29)23-22(24)14(2)11-25-23/h6-9,11,13,15,25H,4-5,10,12H2,1-3H3,(H,26,30)/b7-6+/t15-,24+/m0/s1. The number of anilines is 1. The van der Waals surface area contributed by atoms with Gasteiger partial charge in [0.1, 0.15) is 0 Å². The lowest BCUT2D eigenvalue weighted by Crippen LogP contribution is -2.32. The Hall–Kier alpha value is -3.35. The summed E-state index contributed by atoms with van der Waals surface area (Å²) in [5, 5.41) is 2.87. The fourth-order valence-electron chi connectivity index (χ4n) is 5.27. The van der Waals surface area contributed by atoms with E-state index in [9.17, 15) is 14.4 Å². The number of rotatable bonds is 5. The second kappa shape index (κ2) is 6.83. The van der Waals surface area contributed by atoms with Crippen molar-refractivity contribution in [3.63, 3.8) is 0 Å². The maximum atomic E-state index is 13.1. The SMILES string of the molecule is CCCC(=O)Nc1cc(/C=C/C(=O)N2C[C@@H]3C[C@]34C2=CC(=O)c2[nH]cc(C)c24)n(C)c1. The predicted octanol–water partition coefficient (Wildman–Crippen LogP) is 3.29. The van der Waals surface area contributed by atoms with Gasteiger partial charge in [-0.2, -0.15) is 0 Å². The highest BCUT2D eigenvalue weighted by molar-refractivity contribution is 6.09. The molecule has 5 rings (SSSR count). The second-order valence-corrected chi connectivity index (χ2v) is 8.83. The molecule has 7 nitrogen and oxygen atoms in total. The minimum atomic E-state index is -0.182. The maximum Gasteiger partial charge on any atom is 0.250 e. The third kappa shape index (κ3) is 2.91. The number of hydrogen-bond donors (Lipinski definition) is 2. The Labute approximate surface area is 180 Å². The first kappa shape index (κ1) is 19.6. The van der Waals surface area contributed by atoms with Crippen LogP contribution < -0.4 is 5.32 Å². The summed E-state index contributed by atoms with van der Waals surface area (Å²) in [6, 6.07) is 1.85. The number of H-pyrrole nitrogens is 1. The number of nitrogens with zero attached hydrogens (tertiary/aromatic N) is 2. The highest BCUT2D eigenvalue weighted by Crippen LogP contribution is 2.67. The third-order valence-electron chi connectivity index (χ3n) is 6.76. The average molecular weight is 418 g/mol. The summed E-state index contributed by atoms with van der Waals surface area (Å²) in [5.41, 5.74) is 5.03. The number of ketones is 1. The number of aryl methyl sites for hydroxylation is 2. The first-order valence-electron chi connectivity index (χ1n) is 10.8. The Bertz CT molecular complexity index is 1180. The fraction of sp³-hybridized carbons (Fsp3) is 0.375. The zero-order valence-corrected chi connectivity index (χ0v) is 18.0. The van der Waals surface area contributed by atoms with E-state index in [-0.39, 0.29) is 23.0 Å². The average Bonchev–Trinajstić information content (AvgIpc) is 2.98. The van der Waals surface area contributed by atoms with Crippen molar-refractivity contribution >= 4 is 29.4 Å². The van der Waals surface area contributed by atoms with Gasteiger partial charge in [-0.15, -0.1) is 0 Å². The quantitative estimate of drug-likeness (QED) is 0.731. The lowest BCUT2D eigenvalue weighted by atomic mass is 9.83. The lowest BCUT2D eigenvalue weighted by Gasteiger charge is -2.27. The van der Waals surface area contributed by atoms with Gasteiger partial charge in [0.05, 0.1) is 11.4 Å². The van der Waals surface area contributed by atoms with Gasteiger partial charge in [0.2, 0.25) is 11.7 Å². The molecule has 2 aromatic rings. The largest absolute Gasteiger partial charge is 0.358 e. The molecule has 31 heavy (non-hydrogen) atoms. The van der Waals surface area contributed by atoms with E-state index < -0.39 is 0 Å². The second-order valence-electron chi connectivity index (χ2n) is 8.83. The van der Waals surface area contributed by atoms with Crippen molar-refractivity contribution in [3.05, 3.63) is 58.8 Å². The summed E-state index contributed by atoms with van der Waals surface area (Å²) >= 11 is 0. The van der Waals surface area contributed by atoms with Crippen LogP contribution in [0.2, 0.25) is 0 Å². The molecular weight excluding hydrogens is 392 g/mol. The third-order valence-corrected chi connectivity index (χ3v) is 6.76. The molecular formula is C24H26N4O3. The summed E-state index contributed by atoms with van der Waals surface area (Å²) < 4.78 is 1.87. The van der Waals surface area contributed by atoms with Crippen molar-refractivity contribution in [1.29, 1.82) is 0 Å². The van der Waals surface area contributed by atoms with Crippen LogP contribution in [0.4, 0.5) is 5.69 Å². The van der Waals surface area contributed by atoms with E-state index in [4.69, 9.17) is 0 Å². The van der Waals surface area contributed by atoms with Crippen LogP contribution >= 0.6 is 0 Å². The van der Waals surface area contributed by atoms with Crippen LogP contribution in [0.3, 0.4) is 0 Å². The van der Waals surface area contributed by atoms with Crippen LogP contribution in [0.1, 0.15) is 53.5 Å². The monoisotopic (exact) mass is 418 g/mol. The molecule has 2 aliphatic carbocycles. The predicted molar refractivity (Wildman–Crippen MR) is 117 cm³/mol. The van der Waals surface area contributed by atoms with Gasteiger partial charge in [0, 0.05) is 61.4 Å². The molecule has 2 fully saturated rings. The molecule has 1 aliphatic heterocycles. The van der Waals surface area contributed by atoms with Gasteiger partial charge in [-0.3, -0.25) is 14.4 Å². The van der Waals surface area contributed by atoms with Crippen molar-refractivity contribution in [3.8, 4) is 0 Å². The van der Waals surface area contributed by atoms with Gasteiger partial charge in [0.25, 0.3) is 5.91 Å². The van der Waals surface area contributed by atoms with Crippen molar-refractivity contribution in [1.82, 2.24) is 14.5 Å². The van der Waals surface area contributed by atoms with E-state index in [1.54, 1.807) is 23.1 Å². The number of hydrogen-bond acceptors (Lipinski definition) is 3. The van der Waals surface area contributed by atoms with Crippen LogP contribution in [-0.2, 0) is 22.1 Å². The molecule has 2 aromatic heterocycles. The Morgan fingerprint density at radius 2 is 2.19 bits per heavy atom. The lowest BCUT2D eigenvalue weighted by molar-refractivity contribution is -0.124. The minimum Gasteiger partial charge on any atom is -0.358 e. The Balaban J connectivity index is 1.35. The summed E-state index contributed by atoms with van der Waals surface area (Å²) in [6.45, 7) is 4.62. The molecule has 3 heterocycles. The number of nitrogens with one attached hydrogen (secondary N) is 2. The zero-order valence-electron chi connectivity index (χ0n) is 18.0. The van der Waals surface area contributed by atoms with Crippen molar-refractivity contribution in [2.45, 2.75) is 38.5 Å². The number of allylic oxidation sites excluding steroid dienone is 2. The molecule has 3 aliphatic rings. The molecule has 2 atom stereocenters. The van der Waals surface area contributed by atoms with Gasteiger partial charge >= 0.3 is 0 Å². The van der Waals surface area contributed by atoms with Crippen LogP contribution in [-0.4, -0.2) is 38.6 Å². The summed E-state index contributed by atoms with van der Waals surface area (Å²) in [5.74, 6) is 0.162. The van der Waals surface area contributed by atoms with Gasteiger partial charge < -0.3 is 19.8 Å². The van der Waals surface area contributed by atoms with E-state index in [0.717, 1.165) is 35.4 Å². The van der Waals surface area contributed by atoms with Crippen molar-refractivity contribution in [2.24, 2.45) is 13.0 Å². The number of carbonyl (C=O) groups is 3. The van der Waals surface area contributed by atoms with E-state index in [1.807, 2.05) is 43.9 Å².